The topological polar surface area (TPSA) is 60.2 Å². The van der Waals surface area contributed by atoms with Crippen LogP contribution >= 0.6 is 0 Å². The number of methoxy groups -OCH3 is 1. The van der Waals surface area contributed by atoms with Crippen molar-refractivity contribution in [1.29, 1.82) is 0 Å². The van der Waals surface area contributed by atoms with Crippen LogP contribution in [0.25, 0.3) is 0 Å². The quantitative estimate of drug-likeness (QED) is 0.831. The highest BCUT2D eigenvalue weighted by Crippen LogP contribution is 2.35. The minimum atomic E-state index is -0.00349. The van der Waals surface area contributed by atoms with Crippen molar-refractivity contribution in [2.45, 2.75) is 57.6 Å². The van der Waals surface area contributed by atoms with Crippen molar-refractivity contribution in [3.05, 3.63) is 11.7 Å². The molecule has 5 nitrogen and oxygen atoms in total. The lowest BCUT2D eigenvalue weighted by Gasteiger charge is -2.26. The van der Waals surface area contributed by atoms with Gasteiger partial charge >= 0.3 is 0 Å². The van der Waals surface area contributed by atoms with Gasteiger partial charge in [0.05, 0.1) is 6.54 Å². The maximum absolute atomic E-state index is 5.64. The summed E-state index contributed by atoms with van der Waals surface area (Å²) in [6, 6.07) is 0. The summed E-state index contributed by atoms with van der Waals surface area (Å²) < 4.78 is 11.0. The lowest BCUT2D eigenvalue weighted by Crippen LogP contribution is -2.19. The molecule has 2 fully saturated rings. The molecule has 1 aromatic heterocycles. The van der Waals surface area contributed by atoms with E-state index in [9.17, 15) is 0 Å². The molecular formula is C15H25N3O2. The van der Waals surface area contributed by atoms with Gasteiger partial charge in [-0.15, -0.1) is 0 Å². The monoisotopic (exact) mass is 279 g/mol. The maximum Gasteiger partial charge on any atom is 0.240 e. The molecule has 0 aliphatic heterocycles. The van der Waals surface area contributed by atoms with Crippen LogP contribution in [-0.2, 0) is 11.3 Å². The summed E-state index contributed by atoms with van der Waals surface area (Å²) >= 11 is 0. The van der Waals surface area contributed by atoms with Crippen molar-refractivity contribution in [1.82, 2.24) is 15.5 Å². The Balaban J connectivity index is 1.55. The number of rotatable bonds is 7. The fourth-order valence-electron chi connectivity index (χ4n) is 3.11. The van der Waals surface area contributed by atoms with E-state index in [0.717, 1.165) is 18.3 Å². The van der Waals surface area contributed by atoms with Crippen molar-refractivity contribution in [2.24, 2.45) is 11.8 Å². The molecule has 1 heterocycles. The van der Waals surface area contributed by atoms with E-state index in [4.69, 9.17) is 9.26 Å². The molecular weight excluding hydrogens is 254 g/mol. The molecule has 0 bridgehead atoms. The molecule has 0 aromatic carbocycles. The molecule has 0 radical (unpaired) electrons. The smallest absolute Gasteiger partial charge is 0.240 e. The van der Waals surface area contributed by atoms with Gasteiger partial charge in [-0.25, -0.2) is 0 Å². The number of hydrogen-bond donors (Lipinski definition) is 1. The Morgan fingerprint density at radius 1 is 1.25 bits per heavy atom. The van der Waals surface area contributed by atoms with Crippen LogP contribution in [0.4, 0.5) is 0 Å². The van der Waals surface area contributed by atoms with Gasteiger partial charge in [0.2, 0.25) is 11.7 Å². The van der Waals surface area contributed by atoms with Gasteiger partial charge in [-0.05, 0) is 44.1 Å². The van der Waals surface area contributed by atoms with E-state index in [-0.39, 0.29) is 6.10 Å². The lowest BCUT2D eigenvalue weighted by atomic mass is 9.85. The summed E-state index contributed by atoms with van der Waals surface area (Å²) in [5, 5.41) is 7.50. The Kier molecular flexibility index (Phi) is 4.68. The molecule has 2 aliphatic carbocycles. The second kappa shape index (κ2) is 6.68. The molecule has 2 saturated carbocycles. The number of hydrogen-bond acceptors (Lipinski definition) is 5. The first-order chi connectivity index (χ1) is 9.86. The van der Waals surface area contributed by atoms with Gasteiger partial charge in [-0.2, -0.15) is 4.98 Å². The first-order valence-electron chi connectivity index (χ1n) is 7.93. The van der Waals surface area contributed by atoms with Gasteiger partial charge in [0.25, 0.3) is 0 Å². The Bertz CT molecular complexity index is 411. The highest BCUT2D eigenvalue weighted by Gasteiger charge is 2.29. The number of aromatic nitrogens is 2. The average Bonchev–Trinajstić information content (AvgIpc) is 3.19. The van der Waals surface area contributed by atoms with Gasteiger partial charge in [0.1, 0.15) is 6.10 Å². The molecule has 1 atom stereocenters. The predicted molar refractivity (Wildman–Crippen MR) is 75.1 cm³/mol. The van der Waals surface area contributed by atoms with Crippen molar-refractivity contribution in [3.63, 3.8) is 0 Å². The Morgan fingerprint density at radius 3 is 2.75 bits per heavy atom. The third-order valence-electron chi connectivity index (χ3n) is 4.48. The third-order valence-corrected chi connectivity index (χ3v) is 4.48. The van der Waals surface area contributed by atoms with Gasteiger partial charge in [-0.1, -0.05) is 24.4 Å². The van der Waals surface area contributed by atoms with Gasteiger partial charge in [0, 0.05) is 7.11 Å². The SMILES string of the molecule is COC(c1noc(CNCC2CC2)n1)C1CCCCC1. The molecule has 20 heavy (non-hydrogen) atoms. The number of nitrogens with zero attached hydrogens (tertiary/aromatic N) is 2. The van der Waals surface area contributed by atoms with E-state index in [1.165, 1.54) is 44.9 Å². The van der Waals surface area contributed by atoms with Crippen LogP contribution in [0.15, 0.2) is 4.52 Å². The van der Waals surface area contributed by atoms with Gasteiger partial charge in [-0.3, -0.25) is 0 Å². The van der Waals surface area contributed by atoms with Crippen molar-refractivity contribution in [2.75, 3.05) is 13.7 Å². The van der Waals surface area contributed by atoms with E-state index >= 15 is 0 Å². The maximum atomic E-state index is 5.64. The molecule has 0 amide bonds. The van der Waals surface area contributed by atoms with Crippen molar-refractivity contribution in [3.8, 4) is 0 Å². The minimum absolute atomic E-state index is 0.00349. The highest BCUT2D eigenvalue weighted by molar-refractivity contribution is 4.95. The summed E-state index contributed by atoms with van der Waals surface area (Å²) in [6.07, 6.45) is 9.05. The molecule has 3 rings (SSSR count). The van der Waals surface area contributed by atoms with Crippen LogP contribution in [0, 0.1) is 11.8 Å². The van der Waals surface area contributed by atoms with E-state index in [2.05, 4.69) is 15.5 Å². The van der Waals surface area contributed by atoms with Gasteiger partial charge in [0.15, 0.2) is 0 Å². The van der Waals surface area contributed by atoms with Crippen LogP contribution in [0.2, 0.25) is 0 Å². The van der Waals surface area contributed by atoms with E-state index in [1.807, 2.05) is 0 Å². The largest absolute Gasteiger partial charge is 0.373 e. The van der Waals surface area contributed by atoms with Crippen LogP contribution in [-0.4, -0.2) is 23.8 Å². The van der Waals surface area contributed by atoms with Crippen LogP contribution in [0.3, 0.4) is 0 Å². The molecule has 1 aromatic rings. The highest BCUT2D eigenvalue weighted by atomic mass is 16.5. The first kappa shape index (κ1) is 14.0. The summed E-state index contributed by atoms with van der Waals surface area (Å²) in [5.41, 5.74) is 0. The van der Waals surface area contributed by atoms with Crippen molar-refractivity contribution < 1.29 is 9.26 Å². The summed E-state index contributed by atoms with van der Waals surface area (Å²) in [7, 11) is 1.75. The predicted octanol–water partition coefficient (Wildman–Crippen LogP) is 2.84. The summed E-state index contributed by atoms with van der Waals surface area (Å²) in [5.74, 6) is 2.81. The molecule has 0 spiro atoms. The molecule has 2 aliphatic rings. The summed E-state index contributed by atoms with van der Waals surface area (Å²) in [4.78, 5) is 4.51. The van der Waals surface area contributed by atoms with Crippen molar-refractivity contribution >= 4 is 0 Å². The molecule has 112 valence electrons. The van der Waals surface area contributed by atoms with Crippen LogP contribution in [0.5, 0.6) is 0 Å². The second-order valence-corrected chi connectivity index (χ2v) is 6.17. The Labute approximate surface area is 120 Å². The van der Waals surface area contributed by atoms with Crippen LogP contribution < -0.4 is 5.32 Å². The fraction of sp³-hybridized carbons (Fsp3) is 0.867. The molecule has 1 unspecified atom stereocenters. The third kappa shape index (κ3) is 3.58. The fourth-order valence-corrected chi connectivity index (χ4v) is 3.11. The van der Waals surface area contributed by atoms with Gasteiger partial charge < -0.3 is 14.6 Å². The lowest BCUT2D eigenvalue weighted by molar-refractivity contribution is 0.0273. The standard InChI is InChI=1S/C15H25N3O2/c1-19-14(12-5-3-2-4-6-12)15-17-13(20-18-15)10-16-9-11-7-8-11/h11-12,14,16H,2-10H2,1H3. The van der Waals surface area contributed by atoms with Crippen LogP contribution in [0.1, 0.15) is 62.8 Å². The zero-order chi connectivity index (χ0) is 13.8. The minimum Gasteiger partial charge on any atom is -0.373 e. The molecule has 5 heteroatoms. The molecule has 0 saturated heterocycles. The zero-order valence-electron chi connectivity index (χ0n) is 12.3. The zero-order valence-corrected chi connectivity index (χ0v) is 12.3. The average molecular weight is 279 g/mol. The second-order valence-electron chi connectivity index (χ2n) is 6.17. The van der Waals surface area contributed by atoms with E-state index in [1.54, 1.807) is 7.11 Å². The van der Waals surface area contributed by atoms with E-state index < -0.39 is 0 Å². The normalized spacial score (nSPS) is 22.1. The Hall–Kier alpha value is -0.940. The van der Waals surface area contributed by atoms with E-state index in [0.29, 0.717) is 18.4 Å². The molecule has 1 N–H and O–H groups in total. The first-order valence-corrected chi connectivity index (χ1v) is 7.93. The number of nitrogens with one attached hydrogen (secondary N) is 1. The Morgan fingerprint density at radius 2 is 2.05 bits per heavy atom. The summed E-state index contributed by atoms with van der Waals surface area (Å²) in [6.45, 7) is 1.73. The number of ether oxygens (including phenoxy) is 1.